The fourth-order valence-corrected chi connectivity index (χ4v) is 2.16. The van der Waals surface area contributed by atoms with Crippen molar-refractivity contribution in [2.24, 2.45) is 0 Å². The number of hydrogen-bond donors (Lipinski definition) is 1. The molecule has 0 heterocycles. The molecule has 0 atom stereocenters. The molecule has 0 spiro atoms. The van der Waals surface area contributed by atoms with Gasteiger partial charge in [-0.15, -0.1) is 0 Å². The Kier molecular flexibility index (Phi) is 3.99. The maximum Gasteiger partial charge on any atom is 0.304 e. The van der Waals surface area contributed by atoms with Crippen LogP contribution in [0.15, 0.2) is 18.2 Å². The molecule has 0 aliphatic heterocycles. The van der Waals surface area contributed by atoms with Crippen LogP contribution in [0.25, 0.3) is 0 Å². The monoisotopic (exact) mass is 282 g/mol. The van der Waals surface area contributed by atoms with Gasteiger partial charge >= 0.3 is 5.69 Å². The lowest BCUT2D eigenvalue weighted by atomic mass is 9.80. The van der Waals surface area contributed by atoms with Crippen LogP contribution in [0.1, 0.15) is 29.6 Å². The molecule has 6 nitrogen and oxygen atoms in total. The minimum absolute atomic E-state index is 0.0543. The Morgan fingerprint density at radius 3 is 2.70 bits per heavy atom. The van der Waals surface area contributed by atoms with Gasteiger partial charge in [-0.05, 0) is 31.4 Å². The van der Waals surface area contributed by atoms with Crippen molar-refractivity contribution in [3.05, 3.63) is 39.7 Å². The molecule has 0 bridgehead atoms. The molecule has 0 radical (unpaired) electrons. The number of carbonyl (C=O) groups excluding carboxylic acids is 1. The molecule has 1 amide bonds. The molecule has 1 aliphatic rings. The lowest BCUT2D eigenvalue weighted by Crippen LogP contribution is -2.49. The number of amides is 1. The van der Waals surface area contributed by atoms with Gasteiger partial charge in [0, 0.05) is 25.3 Å². The molecule has 0 saturated heterocycles. The zero-order valence-electron chi connectivity index (χ0n) is 11.0. The van der Waals surface area contributed by atoms with E-state index < -0.39 is 22.3 Å². The highest BCUT2D eigenvalue weighted by molar-refractivity contribution is 5.94. The van der Waals surface area contributed by atoms with Crippen molar-refractivity contribution in [1.82, 2.24) is 5.32 Å². The Hall–Kier alpha value is -2.02. The first kappa shape index (κ1) is 14.4. The van der Waals surface area contributed by atoms with Gasteiger partial charge in [-0.2, -0.15) is 4.39 Å². The number of nitrogens with zero attached hydrogens (tertiary/aromatic N) is 1. The topological polar surface area (TPSA) is 81.5 Å². The van der Waals surface area contributed by atoms with Gasteiger partial charge in [0.25, 0.3) is 5.91 Å². The third kappa shape index (κ3) is 2.77. The van der Waals surface area contributed by atoms with Crippen molar-refractivity contribution < 1.29 is 18.8 Å². The van der Waals surface area contributed by atoms with E-state index in [-0.39, 0.29) is 11.2 Å². The van der Waals surface area contributed by atoms with Crippen LogP contribution in [0.4, 0.5) is 10.1 Å². The Morgan fingerprint density at radius 2 is 2.25 bits per heavy atom. The number of hydrogen-bond acceptors (Lipinski definition) is 4. The summed E-state index contributed by atoms with van der Waals surface area (Å²) in [6.45, 7) is 0.348. The number of ether oxygens (including phenoxy) is 1. The van der Waals surface area contributed by atoms with Crippen molar-refractivity contribution in [2.45, 2.75) is 24.9 Å². The van der Waals surface area contributed by atoms with E-state index in [1.165, 1.54) is 6.07 Å². The first-order chi connectivity index (χ1) is 9.47. The van der Waals surface area contributed by atoms with Gasteiger partial charge in [0.05, 0.1) is 10.5 Å². The molecule has 7 heteroatoms. The number of rotatable bonds is 5. The predicted molar refractivity (Wildman–Crippen MR) is 69.0 cm³/mol. The number of nitro benzene ring substituents is 1. The summed E-state index contributed by atoms with van der Waals surface area (Å²) in [7, 11) is 1.59. The first-order valence-electron chi connectivity index (χ1n) is 6.25. The summed E-state index contributed by atoms with van der Waals surface area (Å²) in [4.78, 5) is 21.5. The lowest BCUT2D eigenvalue weighted by Gasteiger charge is -2.40. The van der Waals surface area contributed by atoms with E-state index in [4.69, 9.17) is 4.74 Å². The maximum absolute atomic E-state index is 13.4. The van der Waals surface area contributed by atoms with Crippen molar-refractivity contribution in [1.29, 1.82) is 0 Å². The van der Waals surface area contributed by atoms with Crippen LogP contribution in [-0.4, -0.2) is 30.1 Å². The second-order valence-electron chi connectivity index (χ2n) is 4.85. The molecule has 1 aromatic rings. The zero-order chi connectivity index (χ0) is 14.8. The molecule has 1 aliphatic carbocycles. The van der Waals surface area contributed by atoms with Crippen LogP contribution < -0.4 is 5.32 Å². The fourth-order valence-electron chi connectivity index (χ4n) is 2.16. The minimum atomic E-state index is -1.02. The summed E-state index contributed by atoms with van der Waals surface area (Å²) in [6, 6.07) is 3.09. The van der Waals surface area contributed by atoms with E-state index in [2.05, 4.69) is 5.32 Å². The standard InChI is InChI=1S/C13H15FN2O4/c1-20-13(5-2-6-13)8-15-12(17)9-3-4-11(16(18)19)10(14)7-9/h3-4,7H,2,5-6,8H2,1H3,(H,15,17). The molecule has 1 N–H and O–H groups in total. The fraction of sp³-hybridized carbons (Fsp3) is 0.462. The van der Waals surface area contributed by atoms with Crippen molar-refractivity contribution >= 4 is 11.6 Å². The number of halogens is 1. The van der Waals surface area contributed by atoms with Crippen LogP contribution in [0.2, 0.25) is 0 Å². The molecule has 108 valence electrons. The van der Waals surface area contributed by atoms with Gasteiger partial charge in [0.15, 0.2) is 0 Å². The van der Waals surface area contributed by atoms with Crippen molar-refractivity contribution in [2.75, 3.05) is 13.7 Å². The molecule has 0 aromatic heterocycles. The Labute approximate surface area is 115 Å². The summed E-state index contributed by atoms with van der Waals surface area (Å²) >= 11 is 0. The summed E-state index contributed by atoms with van der Waals surface area (Å²) < 4.78 is 18.8. The van der Waals surface area contributed by atoms with E-state index in [0.29, 0.717) is 6.54 Å². The predicted octanol–water partition coefficient (Wildman–Crippen LogP) is 2.03. The van der Waals surface area contributed by atoms with Crippen LogP contribution in [0, 0.1) is 15.9 Å². The highest BCUT2D eigenvalue weighted by Crippen LogP contribution is 2.34. The summed E-state index contributed by atoms with van der Waals surface area (Å²) in [5, 5.41) is 13.2. The summed E-state index contributed by atoms with van der Waals surface area (Å²) in [5.74, 6) is -1.49. The zero-order valence-corrected chi connectivity index (χ0v) is 11.0. The van der Waals surface area contributed by atoms with Crippen LogP contribution in [-0.2, 0) is 4.74 Å². The van der Waals surface area contributed by atoms with Gasteiger partial charge < -0.3 is 10.1 Å². The summed E-state index contributed by atoms with van der Waals surface area (Å²) in [6.07, 6.45) is 2.80. The lowest BCUT2D eigenvalue weighted by molar-refractivity contribution is -0.387. The van der Waals surface area contributed by atoms with Crippen molar-refractivity contribution in [3.63, 3.8) is 0 Å². The largest absolute Gasteiger partial charge is 0.376 e. The van der Waals surface area contributed by atoms with E-state index in [0.717, 1.165) is 31.4 Å². The van der Waals surface area contributed by atoms with Gasteiger partial charge in [-0.3, -0.25) is 14.9 Å². The number of benzene rings is 1. The average Bonchev–Trinajstić information content (AvgIpc) is 2.37. The first-order valence-corrected chi connectivity index (χ1v) is 6.25. The van der Waals surface area contributed by atoms with Crippen molar-refractivity contribution in [3.8, 4) is 0 Å². The second-order valence-corrected chi connectivity index (χ2v) is 4.85. The highest BCUT2D eigenvalue weighted by Gasteiger charge is 2.37. The number of nitro groups is 1. The average molecular weight is 282 g/mol. The molecular formula is C13H15FN2O4. The molecule has 2 rings (SSSR count). The number of nitrogens with one attached hydrogen (secondary N) is 1. The SMILES string of the molecule is COC1(CNC(=O)c2ccc([N+](=O)[O-])c(F)c2)CCC1. The summed E-state index contributed by atoms with van der Waals surface area (Å²) in [5.41, 5.74) is -0.915. The van der Waals surface area contributed by atoms with Gasteiger partial charge in [0.1, 0.15) is 0 Å². The quantitative estimate of drug-likeness (QED) is 0.661. The number of methoxy groups -OCH3 is 1. The van der Waals surface area contributed by atoms with Crippen LogP contribution in [0.3, 0.4) is 0 Å². The Balaban J connectivity index is 2.02. The maximum atomic E-state index is 13.4. The van der Waals surface area contributed by atoms with Crippen LogP contribution in [0.5, 0.6) is 0 Å². The third-order valence-corrected chi connectivity index (χ3v) is 3.68. The van der Waals surface area contributed by atoms with Crippen LogP contribution >= 0.6 is 0 Å². The highest BCUT2D eigenvalue weighted by atomic mass is 19.1. The van der Waals surface area contributed by atoms with Gasteiger partial charge in [0.2, 0.25) is 5.82 Å². The molecule has 0 unspecified atom stereocenters. The van der Waals surface area contributed by atoms with Gasteiger partial charge in [-0.25, -0.2) is 0 Å². The second kappa shape index (κ2) is 5.54. The molecular weight excluding hydrogens is 267 g/mol. The van der Waals surface area contributed by atoms with E-state index in [9.17, 15) is 19.3 Å². The molecule has 1 aromatic carbocycles. The Bertz CT molecular complexity index is 538. The molecule has 1 saturated carbocycles. The molecule has 20 heavy (non-hydrogen) atoms. The van der Waals surface area contributed by atoms with E-state index in [1.807, 2.05) is 0 Å². The van der Waals surface area contributed by atoms with E-state index in [1.54, 1.807) is 7.11 Å². The van der Waals surface area contributed by atoms with E-state index >= 15 is 0 Å². The third-order valence-electron chi connectivity index (χ3n) is 3.68. The normalized spacial score (nSPS) is 16.3. The minimum Gasteiger partial charge on any atom is -0.376 e. The smallest absolute Gasteiger partial charge is 0.304 e. The number of carbonyl (C=O) groups is 1. The Morgan fingerprint density at radius 1 is 1.55 bits per heavy atom. The molecule has 1 fully saturated rings. The van der Waals surface area contributed by atoms with Gasteiger partial charge in [-0.1, -0.05) is 0 Å².